The molecule has 136 valence electrons. The maximum atomic E-state index is 12.6. The van der Waals surface area contributed by atoms with Gasteiger partial charge in [0.2, 0.25) is 5.91 Å². The van der Waals surface area contributed by atoms with Gasteiger partial charge in [-0.1, -0.05) is 31.0 Å². The Bertz CT molecular complexity index is 878. The Balaban J connectivity index is 1.39. The molecule has 2 aliphatic rings. The SMILES string of the molecule is O=C(CSc1ncnc2ccsc12)NN1C(=O)NC2(CCCCC2)C1=O. The van der Waals surface area contributed by atoms with E-state index < -0.39 is 17.5 Å². The molecule has 0 radical (unpaired) electrons. The van der Waals surface area contributed by atoms with Crippen molar-refractivity contribution in [3.05, 3.63) is 17.8 Å². The third-order valence-corrected chi connectivity index (χ3v) is 6.68. The molecule has 2 aromatic heterocycles. The van der Waals surface area contributed by atoms with E-state index in [4.69, 9.17) is 0 Å². The predicted molar refractivity (Wildman–Crippen MR) is 97.5 cm³/mol. The Hall–Kier alpha value is -2.20. The molecule has 2 aromatic rings. The lowest BCUT2D eigenvalue weighted by Crippen LogP contribution is -2.51. The summed E-state index contributed by atoms with van der Waals surface area (Å²) in [6.45, 7) is 0. The van der Waals surface area contributed by atoms with Crippen molar-refractivity contribution in [2.45, 2.75) is 42.7 Å². The highest BCUT2D eigenvalue weighted by Gasteiger charge is 2.52. The van der Waals surface area contributed by atoms with Crippen LogP contribution in [0.4, 0.5) is 4.79 Å². The fraction of sp³-hybridized carbons (Fsp3) is 0.438. The van der Waals surface area contributed by atoms with Crippen molar-refractivity contribution in [1.82, 2.24) is 25.7 Å². The number of carbonyl (C=O) groups excluding carboxylic acids is 3. The van der Waals surface area contributed by atoms with Crippen LogP contribution in [0.15, 0.2) is 22.8 Å². The summed E-state index contributed by atoms with van der Waals surface area (Å²) in [6, 6.07) is 1.33. The van der Waals surface area contributed by atoms with E-state index in [0.717, 1.165) is 34.5 Å². The molecule has 4 rings (SSSR count). The first kappa shape index (κ1) is 17.2. The third kappa shape index (κ3) is 3.03. The molecule has 2 fully saturated rings. The average molecular weight is 391 g/mol. The summed E-state index contributed by atoms with van der Waals surface area (Å²) in [5.41, 5.74) is 2.43. The Kier molecular flexibility index (Phi) is 4.53. The normalized spacial score (nSPS) is 19.2. The Labute approximate surface area is 157 Å². The fourth-order valence-corrected chi connectivity index (χ4v) is 5.11. The summed E-state index contributed by atoms with van der Waals surface area (Å²) >= 11 is 2.76. The van der Waals surface area contributed by atoms with Gasteiger partial charge in [-0.25, -0.2) is 14.8 Å². The Morgan fingerprint density at radius 1 is 1.31 bits per heavy atom. The predicted octanol–water partition coefficient (Wildman–Crippen LogP) is 2.07. The third-order valence-electron chi connectivity index (χ3n) is 4.66. The number of nitrogens with zero attached hydrogens (tertiary/aromatic N) is 3. The van der Waals surface area contributed by atoms with Crippen molar-refractivity contribution in [2.24, 2.45) is 0 Å². The van der Waals surface area contributed by atoms with E-state index in [-0.39, 0.29) is 11.7 Å². The number of aromatic nitrogens is 2. The molecule has 0 atom stereocenters. The van der Waals surface area contributed by atoms with Crippen LogP contribution in [0.2, 0.25) is 0 Å². The topological polar surface area (TPSA) is 104 Å². The van der Waals surface area contributed by atoms with Crippen LogP contribution in [0.3, 0.4) is 0 Å². The highest BCUT2D eigenvalue weighted by Crippen LogP contribution is 2.33. The molecular formula is C16H17N5O3S2. The zero-order chi connectivity index (χ0) is 18.1. The number of imide groups is 1. The van der Waals surface area contributed by atoms with Crippen molar-refractivity contribution in [3.63, 3.8) is 0 Å². The molecule has 26 heavy (non-hydrogen) atoms. The maximum absolute atomic E-state index is 12.6. The average Bonchev–Trinajstić information content (AvgIpc) is 3.20. The molecule has 8 nitrogen and oxygen atoms in total. The van der Waals surface area contributed by atoms with Crippen LogP contribution in [0.5, 0.6) is 0 Å². The van der Waals surface area contributed by atoms with Crippen LogP contribution in [0.1, 0.15) is 32.1 Å². The number of amides is 4. The number of fused-ring (bicyclic) bond motifs is 1. The zero-order valence-electron chi connectivity index (χ0n) is 13.9. The molecule has 1 aliphatic carbocycles. The van der Waals surface area contributed by atoms with E-state index in [1.807, 2.05) is 11.4 Å². The summed E-state index contributed by atoms with van der Waals surface area (Å²) in [7, 11) is 0. The first-order valence-electron chi connectivity index (χ1n) is 8.36. The lowest BCUT2D eigenvalue weighted by Gasteiger charge is -2.30. The molecule has 2 N–H and O–H groups in total. The molecule has 0 aromatic carbocycles. The van der Waals surface area contributed by atoms with E-state index in [0.29, 0.717) is 17.9 Å². The minimum Gasteiger partial charge on any atom is -0.322 e. The molecule has 1 spiro atoms. The van der Waals surface area contributed by atoms with Crippen LogP contribution in [-0.4, -0.2) is 44.1 Å². The smallest absolute Gasteiger partial charge is 0.322 e. The van der Waals surface area contributed by atoms with Gasteiger partial charge in [-0.2, -0.15) is 5.01 Å². The highest BCUT2D eigenvalue weighted by molar-refractivity contribution is 8.00. The second-order valence-electron chi connectivity index (χ2n) is 6.35. The van der Waals surface area contributed by atoms with Gasteiger partial charge < -0.3 is 5.32 Å². The van der Waals surface area contributed by atoms with Crippen LogP contribution >= 0.6 is 23.1 Å². The van der Waals surface area contributed by atoms with Crippen molar-refractivity contribution >= 4 is 51.2 Å². The summed E-state index contributed by atoms with van der Waals surface area (Å²) in [6.07, 6.45) is 5.55. The molecule has 3 heterocycles. The Morgan fingerprint density at radius 2 is 2.12 bits per heavy atom. The number of urea groups is 1. The number of hydrogen-bond acceptors (Lipinski definition) is 7. The number of thiophene rings is 1. The van der Waals surface area contributed by atoms with Gasteiger partial charge in [-0.3, -0.25) is 15.0 Å². The van der Waals surface area contributed by atoms with E-state index in [1.54, 1.807) is 0 Å². The highest BCUT2D eigenvalue weighted by atomic mass is 32.2. The number of hydrogen-bond donors (Lipinski definition) is 2. The lowest BCUT2D eigenvalue weighted by atomic mass is 9.82. The van der Waals surface area contributed by atoms with Crippen molar-refractivity contribution in [2.75, 3.05) is 5.75 Å². The first-order valence-corrected chi connectivity index (χ1v) is 10.2. The summed E-state index contributed by atoms with van der Waals surface area (Å²) in [5.74, 6) is -0.730. The first-order chi connectivity index (χ1) is 12.6. The molecule has 0 unspecified atom stereocenters. The number of hydrazine groups is 1. The number of thioether (sulfide) groups is 1. The summed E-state index contributed by atoms with van der Waals surface area (Å²) in [4.78, 5) is 45.4. The van der Waals surface area contributed by atoms with E-state index in [2.05, 4.69) is 20.7 Å². The van der Waals surface area contributed by atoms with Crippen LogP contribution in [0, 0.1) is 0 Å². The van der Waals surface area contributed by atoms with E-state index in [1.165, 1.54) is 29.4 Å². The molecule has 0 bridgehead atoms. The van der Waals surface area contributed by atoms with Crippen LogP contribution < -0.4 is 10.7 Å². The molecule has 4 amide bonds. The fourth-order valence-electron chi connectivity index (χ4n) is 3.38. The van der Waals surface area contributed by atoms with Gasteiger partial charge in [0.1, 0.15) is 16.9 Å². The quantitative estimate of drug-likeness (QED) is 0.470. The minimum absolute atomic E-state index is 0.0497. The van der Waals surface area contributed by atoms with Crippen LogP contribution in [0.25, 0.3) is 10.2 Å². The van der Waals surface area contributed by atoms with E-state index >= 15 is 0 Å². The van der Waals surface area contributed by atoms with Gasteiger partial charge in [-0.05, 0) is 24.3 Å². The van der Waals surface area contributed by atoms with Crippen molar-refractivity contribution in [1.29, 1.82) is 0 Å². The second kappa shape index (κ2) is 6.84. The van der Waals surface area contributed by atoms with E-state index in [9.17, 15) is 14.4 Å². The van der Waals surface area contributed by atoms with Gasteiger partial charge >= 0.3 is 6.03 Å². The molecule has 1 saturated heterocycles. The van der Waals surface area contributed by atoms with Crippen molar-refractivity contribution < 1.29 is 14.4 Å². The maximum Gasteiger partial charge on any atom is 0.344 e. The standard InChI is InChI=1S/C16H17N5O3S2/c22-11(8-26-13-12-10(4-7-25-12)17-9-18-13)20-21-14(23)16(19-15(21)24)5-2-1-3-6-16/h4,7,9H,1-3,5-6,8H2,(H,19,24)(H,20,22). The summed E-state index contributed by atoms with van der Waals surface area (Å²) < 4.78 is 0.918. The second-order valence-corrected chi connectivity index (χ2v) is 8.23. The molecule has 1 aliphatic heterocycles. The lowest BCUT2D eigenvalue weighted by molar-refractivity contribution is -0.139. The number of rotatable bonds is 4. The van der Waals surface area contributed by atoms with Crippen molar-refractivity contribution in [3.8, 4) is 0 Å². The molecule has 10 heteroatoms. The van der Waals surface area contributed by atoms with Gasteiger partial charge in [0.15, 0.2) is 0 Å². The Morgan fingerprint density at radius 3 is 2.92 bits per heavy atom. The van der Waals surface area contributed by atoms with Gasteiger partial charge in [-0.15, -0.1) is 11.3 Å². The van der Waals surface area contributed by atoms with Gasteiger partial charge in [0.05, 0.1) is 16.0 Å². The van der Waals surface area contributed by atoms with Gasteiger partial charge in [0, 0.05) is 0 Å². The van der Waals surface area contributed by atoms with Gasteiger partial charge in [0.25, 0.3) is 5.91 Å². The monoisotopic (exact) mass is 391 g/mol. The number of carbonyl (C=O) groups is 3. The number of nitrogens with one attached hydrogen (secondary N) is 2. The molecular weight excluding hydrogens is 374 g/mol. The van der Waals surface area contributed by atoms with Crippen LogP contribution in [-0.2, 0) is 9.59 Å². The largest absolute Gasteiger partial charge is 0.344 e. The minimum atomic E-state index is -0.842. The zero-order valence-corrected chi connectivity index (χ0v) is 15.5. The summed E-state index contributed by atoms with van der Waals surface area (Å²) in [5, 5.41) is 6.22. The molecule has 1 saturated carbocycles.